The van der Waals surface area contributed by atoms with Gasteiger partial charge in [0, 0.05) is 0 Å². The van der Waals surface area contributed by atoms with E-state index in [1.807, 2.05) is 54.6 Å². The van der Waals surface area contributed by atoms with Crippen LogP contribution in [-0.2, 0) is 17.8 Å². The van der Waals surface area contributed by atoms with E-state index in [2.05, 4.69) is 0 Å². The van der Waals surface area contributed by atoms with Crippen molar-refractivity contribution >= 4 is 0 Å². The molecule has 0 aliphatic heterocycles. The molecule has 0 aromatic heterocycles. The van der Waals surface area contributed by atoms with Crippen molar-refractivity contribution in [2.24, 2.45) is 5.73 Å². The smallest absolute Gasteiger partial charge is 0.189 e. The predicted octanol–water partition coefficient (Wildman–Crippen LogP) is 2.74. The van der Waals surface area contributed by atoms with E-state index in [1.165, 1.54) is 0 Å². The summed E-state index contributed by atoms with van der Waals surface area (Å²) in [7, 11) is 0. The molecule has 3 heteroatoms. The minimum absolute atomic E-state index is 0.247. The van der Waals surface area contributed by atoms with Crippen LogP contribution in [0.4, 0.5) is 0 Å². The molecule has 0 heterocycles. The summed E-state index contributed by atoms with van der Waals surface area (Å²) in [5, 5.41) is 0. The van der Waals surface area contributed by atoms with Crippen molar-refractivity contribution in [3.63, 3.8) is 0 Å². The number of nitrogens with two attached hydrogens (primary N) is 1. The zero-order chi connectivity index (χ0) is 13.3. The fourth-order valence-electron chi connectivity index (χ4n) is 1.85. The molecule has 0 spiro atoms. The van der Waals surface area contributed by atoms with E-state index in [-0.39, 0.29) is 6.79 Å². The highest BCUT2D eigenvalue weighted by Gasteiger charge is 2.01. The molecule has 2 rings (SSSR count). The van der Waals surface area contributed by atoms with Crippen LogP contribution in [0.5, 0.6) is 5.75 Å². The number of hydrogen-bond donors (Lipinski definition) is 1. The van der Waals surface area contributed by atoms with Crippen molar-refractivity contribution in [3.8, 4) is 5.75 Å². The maximum absolute atomic E-state index is 5.63. The standard InChI is InChI=1S/C16H19NO2/c17-11-10-15-8-4-5-9-16(15)19-13-18-12-14-6-2-1-3-7-14/h1-9H,10-13,17H2. The highest BCUT2D eigenvalue weighted by atomic mass is 16.7. The number of benzene rings is 2. The van der Waals surface area contributed by atoms with Gasteiger partial charge in [0.1, 0.15) is 5.75 Å². The Kier molecular flexibility index (Phi) is 5.41. The third-order valence-electron chi connectivity index (χ3n) is 2.80. The van der Waals surface area contributed by atoms with E-state index in [0.717, 1.165) is 23.3 Å². The molecule has 0 saturated heterocycles. The maximum atomic E-state index is 5.63. The topological polar surface area (TPSA) is 44.5 Å². The molecule has 2 N–H and O–H groups in total. The van der Waals surface area contributed by atoms with Gasteiger partial charge in [-0.3, -0.25) is 0 Å². The summed E-state index contributed by atoms with van der Waals surface area (Å²) in [5.41, 5.74) is 7.83. The molecule has 2 aromatic rings. The summed E-state index contributed by atoms with van der Waals surface area (Å²) in [6.07, 6.45) is 0.814. The highest BCUT2D eigenvalue weighted by molar-refractivity contribution is 5.33. The van der Waals surface area contributed by atoms with E-state index >= 15 is 0 Å². The molecule has 0 saturated carbocycles. The third kappa shape index (κ3) is 4.39. The molecule has 0 unspecified atom stereocenters. The first-order chi connectivity index (χ1) is 9.40. The van der Waals surface area contributed by atoms with Crippen molar-refractivity contribution in [1.82, 2.24) is 0 Å². The van der Waals surface area contributed by atoms with Crippen LogP contribution in [0.3, 0.4) is 0 Å². The molecule has 0 aliphatic carbocycles. The summed E-state index contributed by atoms with van der Waals surface area (Å²) >= 11 is 0. The first kappa shape index (κ1) is 13.6. The summed E-state index contributed by atoms with van der Waals surface area (Å²) in [5.74, 6) is 0.848. The van der Waals surface area contributed by atoms with Crippen LogP contribution in [0.25, 0.3) is 0 Å². The SMILES string of the molecule is NCCc1ccccc1OCOCc1ccccc1. The fraction of sp³-hybridized carbons (Fsp3) is 0.250. The second-order valence-corrected chi connectivity index (χ2v) is 4.24. The van der Waals surface area contributed by atoms with Crippen molar-refractivity contribution in [1.29, 1.82) is 0 Å². The molecule has 0 fully saturated rings. The quantitative estimate of drug-likeness (QED) is 0.612. The van der Waals surface area contributed by atoms with Gasteiger partial charge in [-0.1, -0.05) is 48.5 Å². The van der Waals surface area contributed by atoms with E-state index in [4.69, 9.17) is 15.2 Å². The van der Waals surface area contributed by atoms with Gasteiger partial charge in [-0.15, -0.1) is 0 Å². The van der Waals surface area contributed by atoms with Crippen LogP contribution in [0, 0.1) is 0 Å². The molecule has 0 bridgehead atoms. The average molecular weight is 257 g/mol. The molecular formula is C16H19NO2. The van der Waals surface area contributed by atoms with Gasteiger partial charge in [-0.2, -0.15) is 0 Å². The van der Waals surface area contributed by atoms with Crippen molar-refractivity contribution in [2.75, 3.05) is 13.3 Å². The summed E-state index contributed by atoms with van der Waals surface area (Å²) in [6, 6.07) is 17.9. The summed E-state index contributed by atoms with van der Waals surface area (Å²) in [6.45, 7) is 1.42. The lowest BCUT2D eigenvalue weighted by Crippen LogP contribution is -2.07. The lowest BCUT2D eigenvalue weighted by molar-refractivity contribution is 0.00455. The molecule has 3 nitrogen and oxygen atoms in total. The van der Waals surface area contributed by atoms with Crippen molar-refractivity contribution in [3.05, 3.63) is 65.7 Å². The zero-order valence-electron chi connectivity index (χ0n) is 10.9. The Balaban J connectivity index is 1.79. The van der Waals surface area contributed by atoms with Crippen LogP contribution in [0.15, 0.2) is 54.6 Å². The van der Waals surface area contributed by atoms with Gasteiger partial charge < -0.3 is 15.2 Å². The molecule has 0 atom stereocenters. The molecule has 0 radical (unpaired) electrons. The maximum Gasteiger partial charge on any atom is 0.189 e. The fourth-order valence-corrected chi connectivity index (χ4v) is 1.85. The van der Waals surface area contributed by atoms with Gasteiger partial charge in [0.2, 0.25) is 0 Å². The Bertz CT molecular complexity index is 485. The van der Waals surface area contributed by atoms with Gasteiger partial charge in [0.05, 0.1) is 6.61 Å². The van der Waals surface area contributed by atoms with Crippen LogP contribution in [-0.4, -0.2) is 13.3 Å². The summed E-state index contributed by atoms with van der Waals surface area (Å²) < 4.78 is 11.1. The van der Waals surface area contributed by atoms with Gasteiger partial charge in [0.25, 0.3) is 0 Å². The van der Waals surface area contributed by atoms with E-state index < -0.39 is 0 Å². The molecule has 0 amide bonds. The van der Waals surface area contributed by atoms with Gasteiger partial charge in [0.15, 0.2) is 6.79 Å². The summed E-state index contributed by atoms with van der Waals surface area (Å²) in [4.78, 5) is 0. The molecule has 19 heavy (non-hydrogen) atoms. The number of rotatable bonds is 7. The van der Waals surface area contributed by atoms with Crippen LogP contribution < -0.4 is 10.5 Å². The van der Waals surface area contributed by atoms with Gasteiger partial charge in [-0.25, -0.2) is 0 Å². The van der Waals surface area contributed by atoms with Crippen molar-refractivity contribution < 1.29 is 9.47 Å². The predicted molar refractivity (Wildman–Crippen MR) is 75.9 cm³/mol. The van der Waals surface area contributed by atoms with Gasteiger partial charge >= 0.3 is 0 Å². The van der Waals surface area contributed by atoms with E-state index in [0.29, 0.717) is 13.2 Å². The zero-order valence-corrected chi connectivity index (χ0v) is 10.9. The lowest BCUT2D eigenvalue weighted by Gasteiger charge is -2.11. The second-order valence-electron chi connectivity index (χ2n) is 4.24. The third-order valence-corrected chi connectivity index (χ3v) is 2.80. The Hall–Kier alpha value is -1.84. The lowest BCUT2D eigenvalue weighted by atomic mass is 10.1. The Morgan fingerprint density at radius 3 is 2.42 bits per heavy atom. The average Bonchev–Trinajstić information content (AvgIpc) is 2.47. The normalized spacial score (nSPS) is 10.4. The van der Waals surface area contributed by atoms with Crippen molar-refractivity contribution in [2.45, 2.75) is 13.0 Å². The minimum atomic E-state index is 0.247. The Labute approximate surface area is 114 Å². The number of ether oxygens (including phenoxy) is 2. The first-order valence-corrected chi connectivity index (χ1v) is 6.42. The Morgan fingerprint density at radius 2 is 1.63 bits per heavy atom. The monoisotopic (exact) mass is 257 g/mol. The molecule has 100 valence electrons. The first-order valence-electron chi connectivity index (χ1n) is 6.42. The van der Waals surface area contributed by atoms with E-state index in [9.17, 15) is 0 Å². The highest BCUT2D eigenvalue weighted by Crippen LogP contribution is 2.18. The number of hydrogen-bond acceptors (Lipinski definition) is 3. The van der Waals surface area contributed by atoms with E-state index in [1.54, 1.807) is 0 Å². The minimum Gasteiger partial charge on any atom is -0.467 e. The van der Waals surface area contributed by atoms with Crippen LogP contribution in [0.2, 0.25) is 0 Å². The van der Waals surface area contributed by atoms with Gasteiger partial charge in [-0.05, 0) is 30.2 Å². The molecule has 2 aromatic carbocycles. The molecule has 0 aliphatic rings. The number of para-hydroxylation sites is 1. The van der Waals surface area contributed by atoms with Crippen LogP contribution >= 0.6 is 0 Å². The van der Waals surface area contributed by atoms with Crippen LogP contribution in [0.1, 0.15) is 11.1 Å². The largest absolute Gasteiger partial charge is 0.467 e. The second kappa shape index (κ2) is 7.56. The molecular weight excluding hydrogens is 238 g/mol. The Morgan fingerprint density at radius 1 is 0.895 bits per heavy atom.